The van der Waals surface area contributed by atoms with Crippen LogP contribution in [-0.4, -0.2) is 42.3 Å². The Bertz CT molecular complexity index is 453. The molecule has 0 amide bonds. The summed E-state index contributed by atoms with van der Waals surface area (Å²) < 4.78 is 26.6. The van der Waals surface area contributed by atoms with Crippen molar-refractivity contribution in [2.24, 2.45) is 0 Å². The molecule has 0 saturated heterocycles. The van der Waals surface area contributed by atoms with E-state index in [0.717, 1.165) is 18.2 Å². The zero-order valence-corrected chi connectivity index (χ0v) is 13.0. The zero-order chi connectivity index (χ0) is 15.1. The van der Waals surface area contributed by atoms with Crippen LogP contribution in [0.2, 0.25) is 0 Å². The van der Waals surface area contributed by atoms with E-state index in [-0.39, 0.29) is 17.8 Å². The van der Waals surface area contributed by atoms with Gasteiger partial charge in [-0.25, -0.2) is 8.78 Å². The highest BCUT2D eigenvalue weighted by atomic mass is 32.2. The monoisotopic (exact) mass is 301 g/mol. The summed E-state index contributed by atoms with van der Waals surface area (Å²) in [5, 5.41) is 0. The lowest BCUT2D eigenvalue weighted by Crippen LogP contribution is -2.31. The Morgan fingerprint density at radius 2 is 2.10 bits per heavy atom. The number of carbonyl (C=O) groups excluding carboxylic acids is 1. The molecule has 1 aromatic carbocycles. The maximum Gasteiger partial charge on any atom is 0.169 e. The number of halogens is 2. The number of hydrogen-bond donors (Lipinski definition) is 0. The van der Waals surface area contributed by atoms with Gasteiger partial charge in [-0.3, -0.25) is 4.79 Å². The van der Waals surface area contributed by atoms with Crippen LogP contribution in [0.3, 0.4) is 0 Å². The Hall–Kier alpha value is -0.940. The van der Waals surface area contributed by atoms with Gasteiger partial charge in [-0.15, -0.1) is 0 Å². The zero-order valence-electron chi connectivity index (χ0n) is 12.2. The van der Waals surface area contributed by atoms with E-state index in [1.54, 1.807) is 11.8 Å². The highest BCUT2D eigenvalue weighted by Crippen LogP contribution is 2.14. The van der Waals surface area contributed by atoms with Gasteiger partial charge in [0.2, 0.25) is 0 Å². The van der Waals surface area contributed by atoms with Gasteiger partial charge in [0.05, 0.1) is 5.56 Å². The third-order valence-electron chi connectivity index (χ3n) is 3.44. The van der Waals surface area contributed by atoms with Crippen molar-refractivity contribution in [2.75, 3.05) is 25.6 Å². The average molecular weight is 301 g/mol. The predicted octanol–water partition coefficient (Wildman–Crippen LogP) is 3.61. The van der Waals surface area contributed by atoms with E-state index in [1.807, 2.05) is 7.05 Å². The minimum atomic E-state index is -1.05. The molecule has 0 fully saturated rings. The largest absolute Gasteiger partial charge is 0.303 e. The van der Waals surface area contributed by atoms with Gasteiger partial charge < -0.3 is 4.90 Å². The number of thioether (sulfide) groups is 1. The number of rotatable bonds is 8. The first-order chi connectivity index (χ1) is 9.47. The summed E-state index contributed by atoms with van der Waals surface area (Å²) in [6.07, 6.45) is 3.30. The molecule has 0 saturated carbocycles. The van der Waals surface area contributed by atoms with Gasteiger partial charge in [-0.2, -0.15) is 11.8 Å². The normalized spacial score (nSPS) is 12.7. The minimum absolute atomic E-state index is 0.157. The van der Waals surface area contributed by atoms with E-state index in [0.29, 0.717) is 12.6 Å². The summed E-state index contributed by atoms with van der Waals surface area (Å²) in [4.78, 5) is 14.0. The molecule has 0 aliphatic rings. The van der Waals surface area contributed by atoms with Crippen molar-refractivity contribution in [2.45, 2.75) is 25.8 Å². The Morgan fingerprint density at radius 1 is 1.40 bits per heavy atom. The molecule has 0 radical (unpaired) electrons. The quantitative estimate of drug-likeness (QED) is 0.684. The summed E-state index contributed by atoms with van der Waals surface area (Å²) in [7, 11) is 1.94. The molecule has 0 spiro atoms. The summed E-state index contributed by atoms with van der Waals surface area (Å²) in [5.41, 5.74) is -0.157. The number of ketones is 1. The van der Waals surface area contributed by atoms with E-state index in [1.165, 1.54) is 12.1 Å². The lowest BCUT2D eigenvalue weighted by molar-refractivity contribution is 0.0957. The fourth-order valence-electron chi connectivity index (χ4n) is 1.86. The minimum Gasteiger partial charge on any atom is -0.303 e. The SMILES string of the molecule is CSCCC(C)N(C)CCC(=O)c1cccc(F)c1F. The summed E-state index contributed by atoms with van der Waals surface area (Å²) in [6, 6.07) is 4.07. The highest BCUT2D eigenvalue weighted by molar-refractivity contribution is 7.98. The number of carbonyl (C=O) groups is 1. The molecule has 0 N–H and O–H groups in total. The molecular formula is C15H21F2NOS. The van der Waals surface area contributed by atoms with Crippen molar-refractivity contribution >= 4 is 17.5 Å². The van der Waals surface area contributed by atoms with Gasteiger partial charge in [0, 0.05) is 19.0 Å². The van der Waals surface area contributed by atoms with E-state index in [9.17, 15) is 13.6 Å². The van der Waals surface area contributed by atoms with Crippen LogP contribution in [0.4, 0.5) is 8.78 Å². The number of Topliss-reactive ketones (excluding diaryl/α,β-unsaturated/α-hetero) is 1. The molecule has 1 rings (SSSR count). The summed E-state index contributed by atoms with van der Waals surface area (Å²) in [5.74, 6) is -1.31. The van der Waals surface area contributed by atoms with Crippen molar-refractivity contribution in [3.05, 3.63) is 35.4 Å². The Morgan fingerprint density at radius 3 is 2.75 bits per heavy atom. The fourth-order valence-corrected chi connectivity index (χ4v) is 2.44. The second kappa shape index (κ2) is 8.37. The van der Waals surface area contributed by atoms with Crippen LogP contribution in [0, 0.1) is 11.6 Å². The van der Waals surface area contributed by atoms with Crippen molar-refractivity contribution in [3.63, 3.8) is 0 Å². The van der Waals surface area contributed by atoms with Crippen molar-refractivity contribution in [1.82, 2.24) is 4.90 Å². The van der Waals surface area contributed by atoms with Gasteiger partial charge in [-0.05, 0) is 44.5 Å². The van der Waals surface area contributed by atoms with Gasteiger partial charge in [0.15, 0.2) is 17.4 Å². The van der Waals surface area contributed by atoms with Gasteiger partial charge in [0.25, 0.3) is 0 Å². The van der Waals surface area contributed by atoms with Crippen molar-refractivity contribution in [1.29, 1.82) is 0 Å². The smallest absolute Gasteiger partial charge is 0.169 e. The topological polar surface area (TPSA) is 20.3 Å². The lowest BCUT2D eigenvalue weighted by Gasteiger charge is -2.24. The molecule has 5 heteroatoms. The highest BCUT2D eigenvalue weighted by Gasteiger charge is 2.16. The maximum atomic E-state index is 13.5. The van der Waals surface area contributed by atoms with E-state index in [2.05, 4.69) is 18.1 Å². The molecule has 0 aliphatic heterocycles. The number of benzene rings is 1. The standard InChI is InChI=1S/C15H21F2NOS/c1-11(8-10-20-3)18(2)9-7-14(19)12-5-4-6-13(16)15(12)17/h4-6,11H,7-10H2,1-3H3. The average Bonchev–Trinajstić information content (AvgIpc) is 2.44. The first kappa shape index (κ1) is 17.1. The first-order valence-corrected chi connectivity index (χ1v) is 8.03. The summed E-state index contributed by atoms with van der Waals surface area (Å²) >= 11 is 1.79. The second-order valence-electron chi connectivity index (χ2n) is 4.89. The molecular weight excluding hydrogens is 280 g/mol. The third kappa shape index (κ3) is 4.87. The molecule has 0 heterocycles. The molecule has 0 aliphatic carbocycles. The van der Waals surface area contributed by atoms with Crippen molar-refractivity contribution in [3.8, 4) is 0 Å². The molecule has 1 atom stereocenters. The van der Waals surface area contributed by atoms with Crippen LogP contribution in [0.25, 0.3) is 0 Å². The fraction of sp³-hybridized carbons (Fsp3) is 0.533. The number of nitrogens with zero attached hydrogens (tertiary/aromatic N) is 1. The van der Waals surface area contributed by atoms with Crippen LogP contribution in [-0.2, 0) is 0 Å². The van der Waals surface area contributed by atoms with E-state index in [4.69, 9.17) is 0 Å². The first-order valence-electron chi connectivity index (χ1n) is 6.63. The lowest BCUT2D eigenvalue weighted by atomic mass is 10.1. The van der Waals surface area contributed by atoms with Crippen LogP contribution in [0.1, 0.15) is 30.1 Å². The molecule has 0 bridgehead atoms. The van der Waals surface area contributed by atoms with E-state index < -0.39 is 11.6 Å². The number of hydrogen-bond acceptors (Lipinski definition) is 3. The Labute approximate surface area is 123 Å². The molecule has 0 aromatic heterocycles. The maximum absolute atomic E-state index is 13.5. The predicted molar refractivity (Wildman–Crippen MR) is 80.4 cm³/mol. The van der Waals surface area contributed by atoms with E-state index >= 15 is 0 Å². The molecule has 1 unspecified atom stereocenters. The Kier molecular flexibility index (Phi) is 7.16. The molecule has 112 valence electrons. The second-order valence-corrected chi connectivity index (χ2v) is 5.87. The Balaban J connectivity index is 2.53. The van der Waals surface area contributed by atoms with Gasteiger partial charge in [0.1, 0.15) is 0 Å². The van der Waals surface area contributed by atoms with Crippen LogP contribution in [0.5, 0.6) is 0 Å². The van der Waals surface area contributed by atoms with Crippen LogP contribution >= 0.6 is 11.8 Å². The molecule has 1 aromatic rings. The van der Waals surface area contributed by atoms with Crippen molar-refractivity contribution < 1.29 is 13.6 Å². The van der Waals surface area contributed by atoms with Gasteiger partial charge in [-0.1, -0.05) is 6.07 Å². The van der Waals surface area contributed by atoms with Crippen LogP contribution in [0.15, 0.2) is 18.2 Å². The van der Waals surface area contributed by atoms with Gasteiger partial charge >= 0.3 is 0 Å². The summed E-state index contributed by atoms with van der Waals surface area (Å²) in [6.45, 7) is 2.65. The molecule has 2 nitrogen and oxygen atoms in total. The molecule has 20 heavy (non-hydrogen) atoms. The van der Waals surface area contributed by atoms with Crippen LogP contribution < -0.4 is 0 Å². The third-order valence-corrected chi connectivity index (χ3v) is 4.08.